The van der Waals surface area contributed by atoms with Crippen molar-refractivity contribution in [3.8, 4) is 11.5 Å². The highest BCUT2D eigenvalue weighted by molar-refractivity contribution is 5.55. The van der Waals surface area contributed by atoms with E-state index in [1.54, 1.807) is 13.3 Å². The molecule has 120 valence electrons. The van der Waals surface area contributed by atoms with Crippen LogP contribution in [0.4, 0.5) is 0 Å². The summed E-state index contributed by atoms with van der Waals surface area (Å²) in [6.45, 7) is 3.01. The SMILES string of the molecule is COc1ccnc(COc2ccc(CN3CC(C=O)C3)cc2)c1. The number of carbonyl (C=O) groups is 1. The van der Waals surface area contributed by atoms with Crippen molar-refractivity contribution in [2.45, 2.75) is 13.2 Å². The number of nitrogens with zero attached hydrogens (tertiary/aromatic N) is 2. The van der Waals surface area contributed by atoms with E-state index in [0.717, 1.165) is 43.1 Å². The normalized spacial score (nSPS) is 15.0. The van der Waals surface area contributed by atoms with Gasteiger partial charge in [0.25, 0.3) is 0 Å². The molecule has 5 heteroatoms. The molecule has 23 heavy (non-hydrogen) atoms. The Hall–Kier alpha value is -2.40. The molecule has 1 aliphatic rings. The van der Waals surface area contributed by atoms with Crippen molar-refractivity contribution in [3.63, 3.8) is 0 Å². The second-order valence-corrected chi connectivity index (χ2v) is 5.71. The maximum absolute atomic E-state index is 10.6. The molecule has 1 aliphatic heterocycles. The molecule has 2 heterocycles. The van der Waals surface area contributed by atoms with Gasteiger partial charge in [-0.25, -0.2) is 0 Å². The standard InChI is InChI=1S/C18H20N2O3/c1-22-18-6-7-19-16(8-18)13-23-17-4-2-14(3-5-17)9-20-10-15(11-20)12-21/h2-8,12,15H,9-11,13H2,1H3. The third-order valence-electron chi connectivity index (χ3n) is 3.92. The number of methoxy groups -OCH3 is 1. The molecule has 0 atom stereocenters. The van der Waals surface area contributed by atoms with Crippen LogP contribution in [-0.2, 0) is 17.9 Å². The fourth-order valence-electron chi connectivity index (χ4n) is 2.59. The fourth-order valence-corrected chi connectivity index (χ4v) is 2.59. The molecule has 1 aromatic carbocycles. The van der Waals surface area contributed by atoms with Crippen LogP contribution in [0.2, 0.25) is 0 Å². The number of hydrogen-bond donors (Lipinski definition) is 0. The average Bonchev–Trinajstić information content (AvgIpc) is 2.57. The van der Waals surface area contributed by atoms with E-state index in [1.165, 1.54) is 5.56 Å². The van der Waals surface area contributed by atoms with Crippen LogP contribution in [-0.4, -0.2) is 36.4 Å². The summed E-state index contributed by atoms with van der Waals surface area (Å²) in [5.74, 6) is 1.80. The molecular weight excluding hydrogens is 292 g/mol. The predicted octanol–water partition coefficient (Wildman–Crippen LogP) is 2.30. The first-order valence-corrected chi connectivity index (χ1v) is 7.65. The maximum atomic E-state index is 10.6. The maximum Gasteiger partial charge on any atom is 0.130 e. The van der Waals surface area contributed by atoms with Gasteiger partial charge in [0.05, 0.1) is 12.8 Å². The molecular formula is C18H20N2O3. The number of rotatable bonds is 7. The van der Waals surface area contributed by atoms with Crippen molar-refractivity contribution in [2.75, 3.05) is 20.2 Å². The van der Waals surface area contributed by atoms with E-state index in [9.17, 15) is 4.79 Å². The van der Waals surface area contributed by atoms with Crippen LogP contribution in [0.1, 0.15) is 11.3 Å². The summed E-state index contributed by atoms with van der Waals surface area (Å²) in [5, 5.41) is 0. The highest BCUT2D eigenvalue weighted by atomic mass is 16.5. The van der Waals surface area contributed by atoms with Crippen molar-refractivity contribution >= 4 is 6.29 Å². The summed E-state index contributed by atoms with van der Waals surface area (Å²) in [6, 6.07) is 11.7. The van der Waals surface area contributed by atoms with Gasteiger partial charge < -0.3 is 14.3 Å². The largest absolute Gasteiger partial charge is 0.497 e. The van der Waals surface area contributed by atoms with E-state index in [4.69, 9.17) is 9.47 Å². The minimum atomic E-state index is 0.216. The number of ether oxygens (including phenoxy) is 2. The third-order valence-corrected chi connectivity index (χ3v) is 3.92. The summed E-state index contributed by atoms with van der Waals surface area (Å²) < 4.78 is 10.9. The van der Waals surface area contributed by atoms with Crippen LogP contribution < -0.4 is 9.47 Å². The van der Waals surface area contributed by atoms with E-state index in [1.807, 2.05) is 24.3 Å². The Labute approximate surface area is 135 Å². The number of pyridine rings is 1. The van der Waals surface area contributed by atoms with Crippen molar-refractivity contribution in [1.82, 2.24) is 9.88 Å². The summed E-state index contributed by atoms with van der Waals surface area (Å²) in [5.41, 5.74) is 2.05. The Morgan fingerprint density at radius 1 is 1.22 bits per heavy atom. The molecule has 0 N–H and O–H groups in total. The van der Waals surface area contributed by atoms with Gasteiger partial charge in [-0.15, -0.1) is 0 Å². The highest BCUT2D eigenvalue weighted by Gasteiger charge is 2.25. The molecule has 0 aliphatic carbocycles. The Bertz CT molecular complexity index is 652. The summed E-state index contributed by atoms with van der Waals surface area (Å²) in [7, 11) is 1.63. The highest BCUT2D eigenvalue weighted by Crippen LogP contribution is 2.20. The predicted molar refractivity (Wildman–Crippen MR) is 86.4 cm³/mol. The van der Waals surface area contributed by atoms with Gasteiger partial charge in [-0.1, -0.05) is 12.1 Å². The van der Waals surface area contributed by atoms with E-state index >= 15 is 0 Å². The molecule has 5 nitrogen and oxygen atoms in total. The van der Waals surface area contributed by atoms with Crippen LogP contribution in [0.15, 0.2) is 42.6 Å². The van der Waals surface area contributed by atoms with Crippen LogP contribution in [0, 0.1) is 5.92 Å². The van der Waals surface area contributed by atoms with E-state index in [0.29, 0.717) is 6.61 Å². The molecule has 0 saturated carbocycles. The minimum Gasteiger partial charge on any atom is -0.497 e. The van der Waals surface area contributed by atoms with Crippen molar-refractivity contribution in [1.29, 1.82) is 0 Å². The van der Waals surface area contributed by atoms with Crippen LogP contribution in [0.5, 0.6) is 11.5 Å². The lowest BCUT2D eigenvalue weighted by atomic mass is 10.0. The first kappa shape index (κ1) is 15.5. The zero-order valence-corrected chi connectivity index (χ0v) is 13.1. The Balaban J connectivity index is 1.50. The molecule has 0 bridgehead atoms. The van der Waals surface area contributed by atoms with Crippen molar-refractivity contribution in [3.05, 3.63) is 53.9 Å². The lowest BCUT2D eigenvalue weighted by molar-refractivity contribution is -0.115. The number of carbonyl (C=O) groups excluding carboxylic acids is 1. The zero-order valence-electron chi connectivity index (χ0n) is 13.1. The summed E-state index contributed by atoms with van der Waals surface area (Å²) in [6.07, 6.45) is 2.75. The first-order valence-electron chi connectivity index (χ1n) is 7.65. The van der Waals surface area contributed by atoms with E-state index in [-0.39, 0.29) is 5.92 Å². The molecule has 0 radical (unpaired) electrons. The quantitative estimate of drug-likeness (QED) is 0.734. The Morgan fingerprint density at radius 2 is 2.00 bits per heavy atom. The van der Waals surface area contributed by atoms with Crippen molar-refractivity contribution in [2.24, 2.45) is 5.92 Å². The Kier molecular flexibility index (Phi) is 4.88. The van der Waals surface area contributed by atoms with Crippen LogP contribution in [0.3, 0.4) is 0 Å². The summed E-state index contributed by atoms with van der Waals surface area (Å²) >= 11 is 0. The van der Waals surface area contributed by atoms with Gasteiger partial charge in [0.15, 0.2) is 0 Å². The first-order chi connectivity index (χ1) is 11.3. The van der Waals surface area contributed by atoms with Crippen LogP contribution >= 0.6 is 0 Å². The van der Waals surface area contributed by atoms with Crippen LogP contribution in [0.25, 0.3) is 0 Å². The summed E-state index contributed by atoms with van der Waals surface area (Å²) in [4.78, 5) is 17.1. The second-order valence-electron chi connectivity index (χ2n) is 5.71. The molecule has 1 aromatic heterocycles. The molecule has 0 spiro atoms. The fraction of sp³-hybridized carbons (Fsp3) is 0.333. The number of benzene rings is 1. The van der Waals surface area contributed by atoms with Gasteiger partial charge in [-0.3, -0.25) is 9.88 Å². The smallest absolute Gasteiger partial charge is 0.130 e. The van der Waals surface area contributed by atoms with Gasteiger partial charge in [0.1, 0.15) is 24.4 Å². The van der Waals surface area contributed by atoms with Gasteiger partial charge in [-0.05, 0) is 23.8 Å². The number of aromatic nitrogens is 1. The molecule has 1 fully saturated rings. The lowest BCUT2D eigenvalue weighted by Crippen LogP contribution is -2.46. The molecule has 3 rings (SSSR count). The van der Waals surface area contributed by atoms with Gasteiger partial charge in [0, 0.05) is 37.8 Å². The van der Waals surface area contributed by atoms with Gasteiger partial charge in [-0.2, -0.15) is 0 Å². The third kappa shape index (κ3) is 4.07. The topological polar surface area (TPSA) is 51.7 Å². The molecule has 1 saturated heterocycles. The lowest BCUT2D eigenvalue weighted by Gasteiger charge is -2.36. The Morgan fingerprint density at radius 3 is 2.70 bits per heavy atom. The van der Waals surface area contributed by atoms with Gasteiger partial charge >= 0.3 is 0 Å². The number of likely N-dealkylation sites (tertiary alicyclic amines) is 1. The van der Waals surface area contributed by atoms with Gasteiger partial charge in [0.2, 0.25) is 0 Å². The molecule has 0 amide bonds. The van der Waals surface area contributed by atoms with Crippen molar-refractivity contribution < 1.29 is 14.3 Å². The van der Waals surface area contributed by atoms with E-state index in [2.05, 4.69) is 22.0 Å². The number of aldehydes is 1. The average molecular weight is 312 g/mol. The number of hydrogen-bond acceptors (Lipinski definition) is 5. The molecule has 0 unspecified atom stereocenters. The minimum absolute atomic E-state index is 0.216. The monoisotopic (exact) mass is 312 g/mol. The van der Waals surface area contributed by atoms with E-state index < -0.39 is 0 Å². The molecule has 2 aromatic rings. The second kappa shape index (κ2) is 7.24. The zero-order chi connectivity index (χ0) is 16.1.